The Balaban J connectivity index is 1.62. The maximum atomic E-state index is 13.0. The number of aromatic nitrogens is 6. The molecule has 0 saturated carbocycles. The number of nitrogens with zero attached hydrogens (tertiary/aromatic N) is 7. The highest BCUT2D eigenvalue weighted by Crippen LogP contribution is 2.33. The number of amides is 1. The first kappa shape index (κ1) is 14.6. The lowest BCUT2D eigenvalue weighted by Crippen LogP contribution is -2.30. The van der Waals surface area contributed by atoms with Crippen molar-refractivity contribution in [1.82, 2.24) is 34.9 Å². The van der Waals surface area contributed by atoms with E-state index in [2.05, 4.69) is 20.6 Å². The van der Waals surface area contributed by atoms with Gasteiger partial charge in [0.05, 0.1) is 17.9 Å². The molecule has 1 aliphatic heterocycles. The first-order valence-electron chi connectivity index (χ1n) is 7.85. The third kappa shape index (κ3) is 2.55. The van der Waals surface area contributed by atoms with E-state index in [9.17, 15) is 4.79 Å². The first-order chi connectivity index (χ1) is 11.7. The molecule has 4 rings (SSSR count). The fraction of sp³-hybridized carbons (Fsp3) is 0.312. The number of tetrazole rings is 1. The van der Waals surface area contributed by atoms with E-state index < -0.39 is 0 Å². The van der Waals surface area contributed by atoms with Crippen LogP contribution in [0, 0.1) is 0 Å². The molecule has 1 aromatic carbocycles. The molecule has 0 spiro atoms. The molecular formula is C16H17N7O. The van der Waals surface area contributed by atoms with Crippen molar-refractivity contribution in [3.63, 3.8) is 0 Å². The van der Waals surface area contributed by atoms with E-state index >= 15 is 0 Å². The summed E-state index contributed by atoms with van der Waals surface area (Å²) in [6, 6.07) is 7.45. The standard InChI is InChI=1S/C16H17N7O/c1-21-10-13(9-18-21)15-6-3-7-22(15)16(24)12-4-2-5-14(8-12)23-11-17-19-20-23/h2,4-5,8-11,15H,3,6-7H2,1H3/t15-/m0/s1. The molecule has 1 atom stereocenters. The van der Waals surface area contributed by atoms with Crippen LogP contribution in [0.25, 0.3) is 5.69 Å². The summed E-state index contributed by atoms with van der Waals surface area (Å²) >= 11 is 0. The van der Waals surface area contributed by atoms with Gasteiger partial charge in [0.2, 0.25) is 0 Å². The van der Waals surface area contributed by atoms with Gasteiger partial charge in [-0.05, 0) is 41.5 Å². The smallest absolute Gasteiger partial charge is 0.254 e. The predicted molar refractivity (Wildman–Crippen MR) is 85.4 cm³/mol. The van der Waals surface area contributed by atoms with Gasteiger partial charge in [0.15, 0.2) is 0 Å². The van der Waals surface area contributed by atoms with Crippen LogP contribution >= 0.6 is 0 Å². The summed E-state index contributed by atoms with van der Waals surface area (Å²) < 4.78 is 3.31. The molecule has 0 bridgehead atoms. The molecule has 3 heterocycles. The van der Waals surface area contributed by atoms with Gasteiger partial charge in [-0.2, -0.15) is 5.10 Å². The normalized spacial score (nSPS) is 17.4. The molecular weight excluding hydrogens is 306 g/mol. The molecule has 1 aliphatic rings. The second-order valence-corrected chi connectivity index (χ2v) is 5.91. The number of carbonyl (C=O) groups excluding carboxylic acids is 1. The number of likely N-dealkylation sites (tertiary alicyclic amines) is 1. The summed E-state index contributed by atoms with van der Waals surface area (Å²) in [5.74, 6) is 0.0243. The zero-order valence-electron chi connectivity index (χ0n) is 13.3. The van der Waals surface area contributed by atoms with Crippen LogP contribution in [0.5, 0.6) is 0 Å². The van der Waals surface area contributed by atoms with Crippen molar-refractivity contribution in [2.75, 3.05) is 6.54 Å². The second-order valence-electron chi connectivity index (χ2n) is 5.91. The van der Waals surface area contributed by atoms with Gasteiger partial charge in [0.1, 0.15) is 6.33 Å². The van der Waals surface area contributed by atoms with E-state index in [1.807, 2.05) is 48.6 Å². The number of benzene rings is 1. The molecule has 8 heteroatoms. The van der Waals surface area contributed by atoms with E-state index in [0.717, 1.165) is 30.6 Å². The summed E-state index contributed by atoms with van der Waals surface area (Å²) in [5.41, 5.74) is 2.49. The third-order valence-corrected chi connectivity index (χ3v) is 4.33. The zero-order chi connectivity index (χ0) is 16.5. The molecule has 8 nitrogen and oxygen atoms in total. The van der Waals surface area contributed by atoms with Crippen molar-refractivity contribution in [2.24, 2.45) is 7.05 Å². The summed E-state index contributed by atoms with van der Waals surface area (Å²) in [6.45, 7) is 0.757. The molecule has 0 radical (unpaired) electrons. The Labute approximate surface area is 138 Å². The molecule has 1 amide bonds. The minimum atomic E-state index is 0.0243. The Kier molecular flexibility index (Phi) is 3.56. The molecule has 0 unspecified atom stereocenters. The van der Waals surface area contributed by atoms with Crippen LogP contribution < -0.4 is 0 Å². The van der Waals surface area contributed by atoms with Crippen LogP contribution in [0.1, 0.15) is 34.8 Å². The molecule has 122 valence electrons. The van der Waals surface area contributed by atoms with Crippen molar-refractivity contribution >= 4 is 5.91 Å². The fourth-order valence-corrected chi connectivity index (χ4v) is 3.20. The highest BCUT2D eigenvalue weighted by atomic mass is 16.2. The summed E-state index contributed by atoms with van der Waals surface area (Å²) in [5, 5.41) is 15.4. The quantitative estimate of drug-likeness (QED) is 0.727. The van der Waals surface area contributed by atoms with Crippen LogP contribution in [0.3, 0.4) is 0 Å². The van der Waals surface area contributed by atoms with Crippen molar-refractivity contribution in [2.45, 2.75) is 18.9 Å². The molecule has 24 heavy (non-hydrogen) atoms. The van der Waals surface area contributed by atoms with Gasteiger partial charge in [-0.25, -0.2) is 4.68 Å². The Bertz CT molecular complexity index is 855. The van der Waals surface area contributed by atoms with E-state index in [4.69, 9.17) is 0 Å². The number of rotatable bonds is 3. The fourth-order valence-electron chi connectivity index (χ4n) is 3.20. The second kappa shape index (κ2) is 5.88. The monoisotopic (exact) mass is 323 g/mol. The maximum Gasteiger partial charge on any atom is 0.254 e. The number of hydrogen-bond acceptors (Lipinski definition) is 5. The molecule has 1 fully saturated rings. The average molecular weight is 323 g/mol. The minimum Gasteiger partial charge on any atom is -0.331 e. The molecule has 2 aromatic heterocycles. The van der Waals surface area contributed by atoms with E-state index in [1.165, 1.54) is 6.33 Å². The SMILES string of the molecule is Cn1cc([C@@H]2CCCN2C(=O)c2cccc(-n3cnnn3)c2)cn1. The van der Waals surface area contributed by atoms with Gasteiger partial charge < -0.3 is 4.90 Å². The van der Waals surface area contributed by atoms with Gasteiger partial charge >= 0.3 is 0 Å². The summed E-state index contributed by atoms with van der Waals surface area (Å²) in [4.78, 5) is 14.9. The van der Waals surface area contributed by atoms with Crippen LogP contribution in [-0.4, -0.2) is 47.3 Å². The van der Waals surface area contributed by atoms with Crippen molar-refractivity contribution < 1.29 is 4.79 Å². The highest BCUT2D eigenvalue weighted by molar-refractivity contribution is 5.95. The molecule has 1 saturated heterocycles. The van der Waals surface area contributed by atoms with E-state index in [1.54, 1.807) is 9.36 Å². The zero-order valence-corrected chi connectivity index (χ0v) is 13.3. The Morgan fingerprint density at radius 2 is 2.25 bits per heavy atom. The Morgan fingerprint density at radius 3 is 3.00 bits per heavy atom. The van der Waals surface area contributed by atoms with Gasteiger partial charge in [-0.1, -0.05) is 6.07 Å². The topological polar surface area (TPSA) is 81.7 Å². The Hall–Kier alpha value is -3.03. The van der Waals surface area contributed by atoms with Crippen molar-refractivity contribution in [3.05, 3.63) is 54.1 Å². The lowest BCUT2D eigenvalue weighted by Gasteiger charge is -2.24. The average Bonchev–Trinajstić information content (AvgIpc) is 3.35. The van der Waals surface area contributed by atoms with Crippen LogP contribution in [-0.2, 0) is 7.05 Å². The number of aryl methyl sites for hydroxylation is 1. The van der Waals surface area contributed by atoms with Crippen molar-refractivity contribution in [3.8, 4) is 5.69 Å². The first-order valence-corrected chi connectivity index (χ1v) is 7.85. The minimum absolute atomic E-state index is 0.0243. The maximum absolute atomic E-state index is 13.0. The number of carbonyl (C=O) groups is 1. The molecule has 3 aromatic rings. The molecule has 0 N–H and O–H groups in total. The van der Waals surface area contributed by atoms with Gasteiger partial charge in [0.25, 0.3) is 5.91 Å². The highest BCUT2D eigenvalue weighted by Gasteiger charge is 2.31. The third-order valence-electron chi connectivity index (χ3n) is 4.33. The lowest BCUT2D eigenvalue weighted by atomic mass is 10.1. The van der Waals surface area contributed by atoms with Crippen LogP contribution in [0.2, 0.25) is 0 Å². The van der Waals surface area contributed by atoms with Crippen molar-refractivity contribution in [1.29, 1.82) is 0 Å². The van der Waals surface area contributed by atoms with Gasteiger partial charge in [0, 0.05) is 30.9 Å². The molecule has 0 aliphatic carbocycles. The Morgan fingerprint density at radius 1 is 1.33 bits per heavy atom. The van der Waals surface area contributed by atoms with Crippen LogP contribution in [0.15, 0.2) is 43.0 Å². The van der Waals surface area contributed by atoms with E-state index in [0.29, 0.717) is 5.56 Å². The lowest BCUT2D eigenvalue weighted by molar-refractivity contribution is 0.0735. The number of hydrogen-bond donors (Lipinski definition) is 0. The van der Waals surface area contributed by atoms with Crippen LogP contribution in [0.4, 0.5) is 0 Å². The summed E-state index contributed by atoms with van der Waals surface area (Å²) in [7, 11) is 1.89. The van der Waals surface area contributed by atoms with E-state index in [-0.39, 0.29) is 11.9 Å². The largest absolute Gasteiger partial charge is 0.331 e. The van der Waals surface area contributed by atoms with Gasteiger partial charge in [-0.15, -0.1) is 5.10 Å². The summed E-state index contributed by atoms with van der Waals surface area (Å²) in [6.07, 6.45) is 7.29. The van der Waals surface area contributed by atoms with Gasteiger partial charge in [-0.3, -0.25) is 9.48 Å². The predicted octanol–water partition coefficient (Wildman–Crippen LogP) is 1.37.